The number of piperidine rings is 1. The molecule has 1 aromatic rings. The van der Waals surface area contributed by atoms with E-state index in [2.05, 4.69) is 5.32 Å². The summed E-state index contributed by atoms with van der Waals surface area (Å²) in [6.07, 6.45) is 1.24. The summed E-state index contributed by atoms with van der Waals surface area (Å²) in [6.45, 7) is 9.08. The van der Waals surface area contributed by atoms with Gasteiger partial charge in [0.1, 0.15) is 5.75 Å². The molecule has 1 heterocycles. The van der Waals surface area contributed by atoms with Gasteiger partial charge in [-0.3, -0.25) is 9.59 Å². The number of para-hydroxylation sites is 1. The van der Waals surface area contributed by atoms with E-state index in [0.29, 0.717) is 18.4 Å². The van der Waals surface area contributed by atoms with Gasteiger partial charge < -0.3 is 15.3 Å². The Morgan fingerprint density at radius 2 is 1.71 bits per heavy atom. The predicted octanol–water partition coefficient (Wildman–Crippen LogP) is 2.75. The summed E-state index contributed by atoms with van der Waals surface area (Å²) in [7, 11) is 0. The van der Waals surface area contributed by atoms with Crippen molar-refractivity contribution in [3.8, 4) is 5.75 Å². The summed E-state index contributed by atoms with van der Waals surface area (Å²) >= 11 is 0. The first-order valence-corrected chi connectivity index (χ1v) is 8.10. The fourth-order valence-electron chi connectivity index (χ4n) is 3.53. The molecule has 0 spiro atoms. The molecule has 1 aliphatic rings. The van der Waals surface area contributed by atoms with Crippen molar-refractivity contribution in [1.82, 2.24) is 10.4 Å². The smallest absolute Gasteiger partial charge is 0.308 e. The molecular weight excluding hydrogens is 308 g/mol. The molecule has 1 fully saturated rings. The van der Waals surface area contributed by atoms with Gasteiger partial charge in [-0.2, -0.15) is 5.06 Å². The number of esters is 1. The van der Waals surface area contributed by atoms with Gasteiger partial charge in [-0.05, 0) is 52.7 Å². The minimum atomic E-state index is -0.467. The van der Waals surface area contributed by atoms with E-state index in [1.54, 1.807) is 24.3 Å². The zero-order valence-corrected chi connectivity index (χ0v) is 14.9. The molecule has 6 heteroatoms. The summed E-state index contributed by atoms with van der Waals surface area (Å²) in [5.41, 5.74) is -0.570. The Hall–Kier alpha value is -1.92. The van der Waals surface area contributed by atoms with E-state index >= 15 is 0 Å². The van der Waals surface area contributed by atoms with Gasteiger partial charge in [-0.25, -0.2) is 0 Å². The van der Waals surface area contributed by atoms with E-state index < -0.39 is 17.0 Å². The largest absolute Gasteiger partial charge is 0.426 e. The fraction of sp³-hybridized carbons (Fsp3) is 0.556. The van der Waals surface area contributed by atoms with E-state index in [-0.39, 0.29) is 17.7 Å². The first-order valence-electron chi connectivity index (χ1n) is 8.10. The topological polar surface area (TPSA) is 78.9 Å². The lowest BCUT2D eigenvalue weighted by Crippen LogP contribution is -2.62. The second-order valence-corrected chi connectivity index (χ2v) is 7.61. The highest BCUT2D eigenvalue weighted by Gasteiger charge is 2.45. The normalized spacial score (nSPS) is 20.4. The van der Waals surface area contributed by atoms with Crippen LogP contribution in [0.5, 0.6) is 5.75 Å². The summed E-state index contributed by atoms with van der Waals surface area (Å²) in [4.78, 5) is 23.8. The van der Waals surface area contributed by atoms with Gasteiger partial charge in [0.05, 0.1) is 5.56 Å². The second kappa shape index (κ2) is 6.53. The van der Waals surface area contributed by atoms with Gasteiger partial charge in [0.15, 0.2) is 0 Å². The molecule has 132 valence electrons. The number of rotatable bonds is 3. The summed E-state index contributed by atoms with van der Waals surface area (Å²) in [6, 6.07) is 6.58. The lowest BCUT2D eigenvalue weighted by atomic mass is 9.79. The number of nitrogens with zero attached hydrogens (tertiary/aromatic N) is 1. The number of carbonyl (C=O) groups is 2. The molecule has 0 radical (unpaired) electrons. The summed E-state index contributed by atoms with van der Waals surface area (Å²) < 4.78 is 5.11. The molecule has 24 heavy (non-hydrogen) atoms. The number of ether oxygens (including phenoxy) is 1. The first kappa shape index (κ1) is 18.4. The van der Waals surface area contributed by atoms with Crippen LogP contribution in [0.1, 0.15) is 57.8 Å². The molecule has 0 aliphatic carbocycles. The molecule has 1 saturated heterocycles. The van der Waals surface area contributed by atoms with Gasteiger partial charge in [0, 0.05) is 24.0 Å². The molecule has 1 aromatic carbocycles. The Bertz CT molecular complexity index is 622. The van der Waals surface area contributed by atoms with Crippen molar-refractivity contribution in [3.05, 3.63) is 29.8 Å². The van der Waals surface area contributed by atoms with E-state index in [4.69, 9.17) is 4.74 Å². The number of hydroxylamine groups is 2. The maximum atomic E-state index is 12.6. The molecule has 2 rings (SSSR count). The number of hydrogen-bond donors (Lipinski definition) is 2. The maximum Gasteiger partial charge on any atom is 0.308 e. The minimum Gasteiger partial charge on any atom is -0.426 e. The van der Waals surface area contributed by atoms with E-state index in [0.717, 1.165) is 0 Å². The highest BCUT2D eigenvalue weighted by atomic mass is 16.5. The Labute approximate surface area is 142 Å². The molecule has 0 bridgehead atoms. The van der Waals surface area contributed by atoms with Crippen molar-refractivity contribution in [2.45, 2.75) is 64.6 Å². The molecule has 1 amide bonds. The van der Waals surface area contributed by atoms with Crippen molar-refractivity contribution in [2.24, 2.45) is 0 Å². The van der Waals surface area contributed by atoms with Gasteiger partial charge in [0.25, 0.3) is 5.91 Å². The Morgan fingerprint density at radius 1 is 1.17 bits per heavy atom. The average molecular weight is 334 g/mol. The molecular formula is C18H26N2O4. The van der Waals surface area contributed by atoms with Gasteiger partial charge in [0.2, 0.25) is 0 Å². The molecule has 0 saturated carbocycles. The van der Waals surface area contributed by atoms with Crippen molar-refractivity contribution in [2.75, 3.05) is 0 Å². The molecule has 0 atom stereocenters. The molecule has 2 N–H and O–H groups in total. The highest BCUT2D eigenvalue weighted by Crippen LogP contribution is 2.36. The quantitative estimate of drug-likeness (QED) is 0.656. The Balaban J connectivity index is 2.17. The van der Waals surface area contributed by atoms with Crippen LogP contribution in [0.3, 0.4) is 0 Å². The first-order chi connectivity index (χ1) is 11.0. The molecule has 0 unspecified atom stereocenters. The number of nitrogens with one attached hydrogen (secondary N) is 1. The Morgan fingerprint density at radius 3 is 2.25 bits per heavy atom. The SMILES string of the molecule is CC(=O)Oc1ccccc1C(=O)NC1CC(C)(C)N(O)C(C)(C)C1. The maximum absolute atomic E-state index is 12.6. The zero-order chi connectivity index (χ0) is 18.1. The lowest BCUT2D eigenvalue weighted by Gasteiger charge is -2.51. The second-order valence-electron chi connectivity index (χ2n) is 7.61. The third-order valence-electron chi connectivity index (χ3n) is 4.36. The van der Waals surface area contributed by atoms with Gasteiger partial charge in [-0.1, -0.05) is 12.1 Å². The standard InChI is InChI=1S/C18H26N2O4/c1-12(21)24-15-9-7-6-8-14(15)16(22)19-13-10-17(2,3)20(23)18(4,5)11-13/h6-9,13,23H,10-11H2,1-5H3,(H,19,22). The number of carbonyl (C=O) groups excluding carboxylic acids is 2. The third kappa shape index (κ3) is 3.94. The lowest BCUT2D eigenvalue weighted by molar-refractivity contribution is -0.245. The van der Waals surface area contributed by atoms with Crippen LogP contribution >= 0.6 is 0 Å². The monoisotopic (exact) mass is 334 g/mol. The van der Waals surface area contributed by atoms with Crippen LogP contribution in [0.4, 0.5) is 0 Å². The third-order valence-corrected chi connectivity index (χ3v) is 4.36. The predicted molar refractivity (Wildman–Crippen MR) is 90.0 cm³/mol. The molecule has 1 aliphatic heterocycles. The van der Waals surface area contributed by atoms with Crippen LogP contribution in [0, 0.1) is 0 Å². The minimum absolute atomic E-state index is 0.0868. The number of benzene rings is 1. The van der Waals surface area contributed by atoms with Crippen LogP contribution in [0.15, 0.2) is 24.3 Å². The molecule has 6 nitrogen and oxygen atoms in total. The van der Waals surface area contributed by atoms with Gasteiger partial charge >= 0.3 is 5.97 Å². The van der Waals surface area contributed by atoms with Crippen molar-refractivity contribution in [3.63, 3.8) is 0 Å². The van der Waals surface area contributed by atoms with Crippen LogP contribution < -0.4 is 10.1 Å². The van der Waals surface area contributed by atoms with E-state index in [1.807, 2.05) is 27.7 Å². The summed E-state index contributed by atoms with van der Waals surface area (Å²) in [5, 5.41) is 14.7. The van der Waals surface area contributed by atoms with Crippen molar-refractivity contribution >= 4 is 11.9 Å². The summed E-state index contributed by atoms with van der Waals surface area (Å²) in [5.74, 6) is -0.499. The van der Waals surface area contributed by atoms with Crippen molar-refractivity contribution < 1.29 is 19.5 Å². The van der Waals surface area contributed by atoms with Crippen molar-refractivity contribution in [1.29, 1.82) is 0 Å². The molecule has 0 aromatic heterocycles. The number of amides is 1. The van der Waals surface area contributed by atoms with E-state index in [9.17, 15) is 14.8 Å². The Kier molecular flexibility index (Phi) is 5.01. The fourth-order valence-corrected chi connectivity index (χ4v) is 3.53. The van der Waals surface area contributed by atoms with Gasteiger partial charge in [-0.15, -0.1) is 0 Å². The average Bonchev–Trinajstić information content (AvgIpc) is 2.44. The van der Waals surface area contributed by atoms with Crippen LogP contribution in [-0.4, -0.2) is 39.3 Å². The van der Waals surface area contributed by atoms with Crippen LogP contribution in [0.25, 0.3) is 0 Å². The number of hydrogen-bond acceptors (Lipinski definition) is 5. The van der Waals surface area contributed by atoms with E-state index in [1.165, 1.54) is 12.0 Å². The van der Waals surface area contributed by atoms with Crippen LogP contribution in [-0.2, 0) is 4.79 Å². The zero-order valence-electron chi connectivity index (χ0n) is 14.9. The highest BCUT2D eigenvalue weighted by molar-refractivity contribution is 5.97. The van der Waals surface area contributed by atoms with Crippen LogP contribution in [0.2, 0.25) is 0 Å².